The van der Waals surface area contributed by atoms with Crippen molar-refractivity contribution < 1.29 is 24.2 Å². The van der Waals surface area contributed by atoms with Gasteiger partial charge in [-0.05, 0) is 56.0 Å². The third kappa shape index (κ3) is 5.35. The normalized spacial score (nSPS) is 29.3. The molecule has 6 rings (SSSR count). The SMILES string of the molecule is CC[C@H](C)[C@H](CO)N1C(=O)[C@@H]2[C@@H]3C(=O)N(Cc4ccccc4)CC=C[C@]3(CC)O[C@@]23C=CCN(c2ccc(N(CC)CC)cc2)C(=O)C13. The Bertz CT molecular complexity index is 1560. The Morgan fingerprint density at radius 3 is 2.19 bits per heavy atom. The quantitative estimate of drug-likeness (QED) is 0.350. The summed E-state index contributed by atoms with van der Waals surface area (Å²) < 4.78 is 7.17. The van der Waals surface area contributed by atoms with Crippen molar-refractivity contribution in [1.29, 1.82) is 0 Å². The van der Waals surface area contributed by atoms with Crippen LogP contribution in [0.3, 0.4) is 0 Å². The van der Waals surface area contributed by atoms with Crippen LogP contribution in [0.1, 0.15) is 53.0 Å². The molecule has 3 amide bonds. The zero-order valence-corrected chi connectivity index (χ0v) is 28.9. The summed E-state index contributed by atoms with van der Waals surface area (Å²) in [5.41, 5.74) is 0.339. The van der Waals surface area contributed by atoms with E-state index in [1.807, 2.05) is 99.7 Å². The molecule has 2 saturated heterocycles. The first-order valence-electron chi connectivity index (χ1n) is 17.7. The van der Waals surface area contributed by atoms with Gasteiger partial charge in [-0.2, -0.15) is 0 Å². The van der Waals surface area contributed by atoms with Crippen LogP contribution in [0.5, 0.6) is 0 Å². The van der Waals surface area contributed by atoms with Crippen LogP contribution in [0.15, 0.2) is 78.9 Å². The van der Waals surface area contributed by atoms with Gasteiger partial charge in [-0.25, -0.2) is 0 Å². The summed E-state index contributed by atoms with van der Waals surface area (Å²) >= 11 is 0. The molecule has 4 aliphatic heterocycles. The van der Waals surface area contributed by atoms with Gasteiger partial charge in [0.25, 0.3) is 5.91 Å². The van der Waals surface area contributed by atoms with Crippen LogP contribution >= 0.6 is 0 Å². The van der Waals surface area contributed by atoms with Gasteiger partial charge in [-0.15, -0.1) is 0 Å². The number of ether oxygens (including phenoxy) is 1. The van der Waals surface area contributed by atoms with Crippen molar-refractivity contribution in [2.45, 2.75) is 77.3 Å². The van der Waals surface area contributed by atoms with Gasteiger partial charge in [-0.3, -0.25) is 14.4 Å². The summed E-state index contributed by atoms with van der Waals surface area (Å²) in [7, 11) is 0. The van der Waals surface area contributed by atoms with E-state index in [1.54, 1.807) is 14.7 Å². The van der Waals surface area contributed by atoms with Crippen molar-refractivity contribution in [2.75, 3.05) is 42.6 Å². The van der Waals surface area contributed by atoms with Crippen molar-refractivity contribution in [1.82, 2.24) is 9.80 Å². The lowest BCUT2D eigenvalue weighted by molar-refractivity contribution is -0.154. The van der Waals surface area contributed by atoms with Crippen LogP contribution in [-0.2, 0) is 25.7 Å². The molecule has 1 spiro atoms. The molecule has 9 heteroatoms. The Morgan fingerprint density at radius 2 is 1.56 bits per heavy atom. The topological polar surface area (TPSA) is 93.6 Å². The summed E-state index contributed by atoms with van der Waals surface area (Å²) in [5, 5.41) is 10.8. The first kappa shape index (κ1) is 33.9. The van der Waals surface area contributed by atoms with E-state index < -0.39 is 35.1 Å². The van der Waals surface area contributed by atoms with E-state index in [0.29, 0.717) is 32.5 Å². The highest BCUT2D eigenvalue weighted by atomic mass is 16.5. The Morgan fingerprint density at radius 1 is 0.875 bits per heavy atom. The molecule has 0 aliphatic carbocycles. The lowest BCUT2D eigenvalue weighted by atomic mass is 9.73. The van der Waals surface area contributed by atoms with E-state index in [4.69, 9.17) is 4.74 Å². The van der Waals surface area contributed by atoms with Crippen LogP contribution in [0, 0.1) is 17.8 Å². The predicted octanol–water partition coefficient (Wildman–Crippen LogP) is 4.80. The average molecular weight is 655 g/mol. The molecule has 0 bridgehead atoms. The molecule has 0 saturated carbocycles. The number of amides is 3. The number of aliphatic hydroxyl groups is 1. The first-order chi connectivity index (χ1) is 23.2. The van der Waals surface area contributed by atoms with Crippen molar-refractivity contribution in [3.8, 4) is 0 Å². The maximum atomic E-state index is 15.0. The summed E-state index contributed by atoms with van der Waals surface area (Å²) in [6.45, 7) is 12.8. The maximum Gasteiger partial charge on any atom is 0.253 e. The maximum absolute atomic E-state index is 15.0. The minimum atomic E-state index is -1.39. The molecule has 4 heterocycles. The molecule has 48 heavy (non-hydrogen) atoms. The third-order valence-corrected chi connectivity index (χ3v) is 11.3. The number of anilines is 2. The Hall–Kier alpha value is -3.95. The minimum Gasteiger partial charge on any atom is -0.394 e. The fraction of sp³-hybridized carbons (Fsp3) is 0.513. The van der Waals surface area contributed by atoms with Crippen LogP contribution in [0.4, 0.5) is 11.4 Å². The number of hydrogen-bond donors (Lipinski definition) is 1. The largest absolute Gasteiger partial charge is 0.394 e. The number of carbonyl (C=O) groups excluding carboxylic acids is 3. The molecule has 9 nitrogen and oxygen atoms in total. The molecular formula is C39H50N4O5. The zero-order valence-electron chi connectivity index (χ0n) is 28.9. The van der Waals surface area contributed by atoms with E-state index >= 15 is 9.59 Å². The highest BCUT2D eigenvalue weighted by Crippen LogP contribution is 2.59. The fourth-order valence-corrected chi connectivity index (χ4v) is 8.53. The summed E-state index contributed by atoms with van der Waals surface area (Å²) in [6, 6.07) is 16.1. The number of hydrogen-bond acceptors (Lipinski definition) is 6. The van der Waals surface area contributed by atoms with Crippen molar-refractivity contribution in [3.05, 3.63) is 84.5 Å². The molecule has 2 aromatic carbocycles. The third-order valence-electron chi connectivity index (χ3n) is 11.3. The van der Waals surface area contributed by atoms with Gasteiger partial charge in [0, 0.05) is 44.1 Å². The standard InChI is InChI=1S/C39H50N4O5/c1-6-27(5)31(26-44)43-34-37(47)42(30-19-17-29(18-20-30)40(8-3)9-4)24-14-22-39(34)33(36(43)46)32-35(45)41(25-28-15-11-10-12-16-28)23-13-21-38(32,7-2)48-39/h10-22,27,31-34,44H,6-9,23-26H2,1-5H3/t27-,31-,32+,33-,34?,38-,39-/m0/s1. The van der Waals surface area contributed by atoms with Gasteiger partial charge >= 0.3 is 0 Å². The number of carbonyl (C=O) groups is 3. The van der Waals surface area contributed by atoms with Crippen LogP contribution < -0.4 is 9.80 Å². The second-order valence-corrected chi connectivity index (χ2v) is 13.6. The van der Waals surface area contributed by atoms with Gasteiger partial charge in [0.2, 0.25) is 11.8 Å². The predicted molar refractivity (Wildman–Crippen MR) is 187 cm³/mol. The smallest absolute Gasteiger partial charge is 0.253 e. The Labute approximate surface area is 284 Å². The number of rotatable bonds is 11. The van der Waals surface area contributed by atoms with Gasteiger partial charge in [0.05, 0.1) is 30.1 Å². The highest BCUT2D eigenvalue weighted by Gasteiger charge is 2.76. The van der Waals surface area contributed by atoms with Gasteiger partial charge in [-0.1, -0.05) is 81.8 Å². The lowest BCUT2D eigenvalue weighted by Crippen LogP contribution is -2.60. The summed E-state index contributed by atoms with van der Waals surface area (Å²) in [4.78, 5) is 52.2. The van der Waals surface area contributed by atoms with E-state index in [0.717, 1.165) is 30.0 Å². The first-order valence-corrected chi connectivity index (χ1v) is 17.7. The van der Waals surface area contributed by atoms with Crippen LogP contribution in [0.2, 0.25) is 0 Å². The number of benzene rings is 2. The minimum absolute atomic E-state index is 0.0908. The van der Waals surface area contributed by atoms with Crippen LogP contribution in [0.25, 0.3) is 0 Å². The summed E-state index contributed by atoms with van der Waals surface area (Å²) in [5.74, 6) is -2.59. The molecule has 2 fully saturated rings. The van der Waals surface area contributed by atoms with Crippen molar-refractivity contribution >= 4 is 29.1 Å². The lowest BCUT2D eigenvalue weighted by Gasteiger charge is -2.42. The average Bonchev–Trinajstić information content (AvgIpc) is 3.40. The van der Waals surface area contributed by atoms with Crippen molar-refractivity contribution in [2.24, 2.45) is 17.8 Å². The van der Waals surface area contributed by atoms with E-state index in [9.17, 15) is 9.90 Å². The van der Waals surface area contributed by atoms with E-state index in [-0.39, 0.29) is 30.2 Å². The number of fused-ring (bicyclic) bond motifs is 2. The molecule has 0 aromatic heterocycles. The molecule has 1 unspecified atom stereocenters. The van der Waals surface area contributed by atoms with E-state index in [1.165, 1.54) is 0 Å². The number of likely N-dealkylation sites (tertiary alicyclic amines) is 1. The van der Waals surface area contributed by atoms with Gasteiger partial charge < -0.3 is 29.4 Å². The number of aliphatic hydroxyl groups excluding tert-OH is 1. The zero-order chi connectivity index (χ0) is 34.2. The Balaban J connectivity index is 1.46. The molecule has 0 radical (unpaired) electrons. The summed E-state index contributed by atoms with van der Waals surface area (Å²) in [6.07, 6.45) is 8.92. The highest BCUT2D eigenvalue weighted by molar-refractivity contribution is 6.06. The molecule has 4 aliphatic rings. The second-order valence-electron chi connectivity index (χ2n) is 13.6. The Kier molecular flexibility index (Phi) is 9.55. The molecule has 1 N–H and O–H groups in total. The van der Waals surface area contributed by atoms with Crippen LogP contribution in [-0.4, -0.2) is 88.7 Å². The molecule has 7 atom stereocenters. The van der Waals surface area contributed by atoms with Gasteiger partial charge in [0.15, 0.2) is 0 Å². The van der Waals surface area contributed by atoms with E-state index in [2.05, 4.69) is 18.7 Å². The molecule has 2 aromatic rings. The number of nitrogens with zero attached hydrogens (tertiary/aromatic N) is 4. The van der Waals surface area contributed by atoms with Crippen molar-refractivity contribution in [3.63, 3.8) is 0 Å². The monoisotopic (exact) mass is 654 g/mol. The fourth-order valence-electron chi connectivity index (χ4n) is 8.53. The second kappa shape index (κ2) is 13.5. The molecular weight excluding hydrogens is 604 g/mol. The van der Waals surface area contributed by atoms with Gasteiger partial charge in [0.1, 0.15) is 11.6 Å². The molecule has 256 valence electrons.